The Balaban J connectivity index is 1.48. The molecule has 1 saturated heterocycles. The molecule has 2 aromatic carbocycles. The summed E-state index contributed by atoms with van der Waals surface area (Å²) in [6.07, 6.45) is 0. The number of piperazine rings is 1. The van der Waals surface area contributed by atoms with E-state index in [4.69, 9.17) is 23.2 Å². The molecule has 3 rings (SSSR count). The van der Waals surface area contributed by atoms with Crippen molar-refractivity contribution < 1.29 is 14.8 Å². The maximum atomic E-state index is 12.4. The third kappa shape index (κ3) is 5.28. The van der Waals surface area contributed by atoms with E-state index < -0.39 is 0 Å². The lowest BCUT2D eigenvalue weighted by Crippen LogP contribution is -3.15. The number of halogens is 2. The minimum atomic E-state index is -0.167. The summed E-state index contributed by atoms with van der Waals surface area (Å²) in [5.41, 5.74) is 1.96. The summed E-state index contributed by atoms with van der Waals surface area (Å²) in [4.78, 5) is 16.0. The van der Waals surface area contributed by atoms with Crippen molar-refractivity contribution in [3.63, 3.8) is 0 Å². The number of quaternary nitrogens is 1. The minimum absolute atomic E-state index is 0.0154. The molecule has 0 bridgehead atoms. The van der Waals surface area contributed by atoms with Gasteiger partial charge in [-0.15, -0.1) is 0 Å². The number of nitrogens with one attached hydrogen (secondary N) is 2. The largest absolute Gasteiger partial charge is 0.508 e. The molecule has 0 aliphatic carbocycles. The number of benzene rings is 2. The van der Waals surface area contributed by atoms with Crippen LogP contribution in [0.3, 0.4) is 0 Å². The van der Waals surface area contributed by atoms with E-state index in [0.29, 0.717) is 16.6 Å². The molecule has 1 fully saturated rings. The minimum Gasteiger partial charge on any atom is -0.508 e. The van der Waals surface area contributed by atoms with E-state index in [1.807, 2.05) is 25.1 Å². The van der Waals surface area contributed by atoms with Crippen molar-refractivity contribution in [2.45, 2.75) is 13.0 Å². The van der Waals surface area contributed by atoms with Crippen molar-refractivity contribution in [1.29, 1.82) is 0 Å². The van der Waals surface area contributed by atoms with Gasteiger partial charge in [0, 0.05) is 15.7 Å². The van der Waals surface area contributed by atoms with E-state index in [1.54, 1.807) is 24.3 Å². The molecule has 0 aromatic heterocycles. The summed E-state index contributed by atoms with van der Waals surface area (Å²) in [7, 11) is 0. The quantitative estimate of drug-likeness (QED) is 0.711. The zero-order valence-corrected chi connectivity index (χ0v) is 16.7. The fraction of sp³-hybridized carbons (Fsp3) is 0.350. The van der Waals surface area contributed by atoms with Gasteiger partial charge in [-0.2, -0.15) is 0 Å². The standard InChI is InChI=1S/C20H23Cl2N3O2/c1-14(18-7-2-15(21)12-19(18)22)23-20(27)13-24-8-10-25(11-9-24)16-3-5-17(26)6-4-16/h2-7,12,14,26H,8-11,13H2,1H3,(H,23,27)/p+1/t14-/m1/s1. The Hall–Kier alpha value is -1.95. The van der Waals surface area contributed by atoms with E-state index in [0.717, 1.165) is 37.4 Å². The number of phenolic OH excluding ortho intramolecular Hbond substituents is 1. The number of anilines is 1. The fourth-order valence-electron chi connectivity index (χ4n) is 3.37. The van der Waals surface area contributed by atoms with Gasteiger partial charge in [-0.1, -0.05) is 29.3 Å². The van der Waals surface area contributed by atoms with Crippen LogP contribution in [0.2, 0.25) is 10.0 Å². The van der Waals surface area contributed by atoms with Crippen molar-refractivity contribution in [1.82, 2.24) is 5.32 Å². The number of nitrogens with zero attached hydrogens (tertiary/aromatic N) is 1. The maximum absolute atomic E-state index is 12.4. The average Bonchev–Trinajstić information content (AvgIpc) is 2.63. The lowest BCUT2D eigenvalue weighted by Gasteiger charge is -2.33. The second kappa shape index (κ2) is 8.83. The summed E-state index contributed by atoms with van der Waals surface area (Å²) in [5, 5.41) is 13.6. The Kier molecular flexibility index (Phi) is 6.47. The SMILES string of the molecule is C[C@@H](NC(=O)C[NH+]1CCN(c2ccc(O)cc2)CC1)c1ccc(Cl)cc1Cl. The number of carbonyl (C=O) groups is 1. The molecule has 0 spiro atoms. The molecule has 144 valence electrons. The first-order valence-corrected chi connectivity index (χ1v) is 9.80. The van der Waals surface area contributed by atoms with E-state index in [2.05, 4.69) is 10.2 Å². The third-order valence-corrected chi connectivity index (χ3v) is 5.46. The van der Waals surface area contributed by atoms with Gasteiger partial charge >= 0.3 is 0 Å². The lowest BCUT2D eigenvalue weighted by molar-refractivity contribution is -0.892. The van der Waals surface area contributed by atoms with E-state index >= 15 is 0 Å². The third-order valence-electron chi connectivity index (χ3n) is 4.90. The first kappa shape index (κ1) is 19.8. The Morgan fingerprint density at radius 2 is 1.85 bits per heavy atom. The normalized spacial score (nSPS) is 16.2. The van der Waals surface area contributed by atoms with Crippen LogP contribution >= 0.6 is 23.2 Å². The molecule has 1 amide bonds. The van der Waals surface area contributed by atoms with Gasteiger partial charge in [-0.05, 0) is 48.9 Å². The number of aromatic hydroxyl groups is 1. The molecule has 27 heavy (non-hydrogen) atoms. The molecule has 1 aliphatic heterocycles. The van der Waals surface area contributed by atoms with Crippen molar-refractivity contribution in [3.05, 3.63) is 58.1 Å². The summed E-state index contributed by atoms with van der Waals surface area (Å²) >= 11 is 12.2. The zero-order chi connectivity index (χ0) is 19.4. The van der Waals surface area contributed by atoms with Gasteiger partial charge in [0.15, 0.2) is 6.54 Å². The van der Waals surface area contributed by atoms with Gasteiger partial charge in [0.25, 0.3) is 5.91 Å². The first-order valence-electron chi connectivity index (χ1n) is 9.04. The molecule has 1 aliphatic rings. The first-order chi connectivity index (χ1) is 12.9. The highest BCUT2D eigenvalue weighted by atomic mass is 35.5. The van der Waals surface area contributed by atoms with E-state index in [-0.39, 0.29) is 17.7 Å². The lowest BCUT2D eigenvalue weighted by atomic mass is 10.1. The highest BCUT2D eigenvalue weighted by molar-refractivity contribution is 6.35. The molecule has 2 aromatic rings. The molecule has 1 atom stereocenters. The summed E-state index contributed by atoms with van der Waals surface area (Å²) in [6, 6.07) is 12.4. The maximum Gasteiger partial charge on any atom is 0.275 e. The van der Waals surface area contributed by atoms with Gasteiger partial charge in [0.1, 0.15) is 5.75 Å². The Labute approximate surface area is 169 Å². The van der Waals surface area contributed by atoms with Gasteiger partial charge in [-0.3, -0.25) is 4.79 Å². The summed E-state index contributed by atoms with van der Waals surface area (Å²) in [6.45, 7) is 5.91. The van der Waals surface area contributed by atoms with Gasteiger partial charge in [-0.25, -0.2) is 0 Å². The predicted octanol–water partition coefficient (Wildman–Crippen LogP) is 2.28. The number of amides is 1. The smallest absolute Gasteiger partial charge is 0.275 e. The van der Waals surface area contributed by atoms with E-state index in [9.17, 15) is 9.90 Å². The summed E-state index contributed by atoms with van der Waals surface area (Å²) < 4.78 is 0. The molecular weight excluding hydrogens is 385 g/mol. The molecule has 1 heterocycles. The van der Waals surface area contributed by atoms with Crippen molar-refractivity contribution in [2.75, 3.05) is 37.6 Å². The van der Waals surface area contributed by atoms with Gasteiger partial charge in [0.2, 0.25) is 0 Å². The predicted molar refractivity (Wildman–Crippen MR) is 109 cm³/mol. The van der Waals surface area contributed by atoms with Crippen molar-refractivity contribution >= 4 is 34.8 Å². The second-order valence-electron chi connectivity index (χ2n) is 6.89. The van der Waals surface area contributed by atoms with Crippen LogP contribution in [-0.4, -0.2) is 43.7 Å². The number of hydrogen-bond donors (Lipinski definition) is 3. The van der Waals surface area contributed by atoms with Crippen LogP contribution in [0, 0.1) is 0 Å². The highest BCUT2D eigenvalue weighted by Crippen LogP contribution is 2.26. The van der Waals surface area contributed by atoms with Gasteiger partial charge < -0.3 is 20.2 Å². The van der Waals surface area contributed by atoms with Crippen LogP contribution in [0.15, 0.2) is 42.5 Å². The Morgan fingerprint density at radius 3 is 2.48 bits per heavy atom. The van der Waals surface area contributed by atoms with Crippen LogP contribution in [0.1, 0.15) is 18.5 Å². The average molecular weight is 409 g/mol. The molecule has 7 heteroatoms. The van der Waals surface area contributed by atoms with Gasteiger partial charge in [0.05, 0.1) is 32.2 Å². The van der Waals surface area contributed by atoms with Crippen LogP contribution in [0.5, 0.6) is 5.75 Å². The van der Waals surface area contributed by atoms with Crippen LogP contribution < -0.4 is 15.1 Å². The summed E-state index contributed by atoms with van der Waals surface area (Å²) in [5.74, 6) is 0.288. The Morgan fingerprint density at radius 1 is 1.19 bits per heavy atom. The second-order valence-corrected chi connectivity index (χ2v) is 7.73. The molecule has 5 nitrogen and oxygen atoms in total. The van der Waals surface area contributed by atoms with Crippen molar-refractivity contribution in [2.24, 2.45) is 0 Å². The molecule has 3 N–H and O–H groups in total. The molecule has 0 unspecified atom stereocenters. The van der Waals surface area contributed by atoms with Crippen LogP contribution in [0.4, 0.5) is 5.69 Å². The number of hydrogen-bond acceptors (Lipinski definition) is 3. The zero-order valence-electron chi connectivity index (χ0n) is 15.2. The molecule has 0 saturated carbocycles. The number of carbonyl (C=O) groups excluding carboxylic acids is 1. The highest BCUT2D eigenvalue weighted by Gasteiger charge is 2.23. The van der Waals surface area contributed by atoms with Crippen LogP contribution in [0.25, 0.3) is 0 Å². The fourth-order valence-corrected chi connectivity index (χ4v) is 3.94. The topological polar surface area (TPSA) is 57.0 Å². The van der Waals surface area contributed by atoms with Crippen molar-refractivity contribution in [3.8, 4) is 5.75 Å². The molecular formula is C20H24Cl2N3O2+. The monoisotopic (exact) mass is 408 g/mol. The van der Waals surface area contributed by atoms with Crippen LogP contribution in [-0.2, 0) is 4.79 Å². The number of phenols is 1. The Bertz CT molecular complexity index is 790. The number of rotatable bonds is 5. The molecule has 0 radical (unpaired) electrons. The van der Waals surface area contributed by atoms with E-state index in [1.165, 1.54) is 4.90 Å².